The van der Waals surface area contributed by atoms with E-state index in [2.05, 4.69) is 41.4 Å². The van der Waals surface area contributed by atoms with Crippen molar-refractivity contribution in [2.24, 2.45) is 0 Å². The lowest BCUT2D eigenvalue weighted by Crippen LogP contribution is -2.20. The summed E-state index contributed by atoms with van der Waals surface area (Å²) in [6.45, 7) is 1.55. The number of H-pyrrole nitrogens is 2. The molecular formula is C30H28FN7O. The molecule has 0 radical (unpaired) electrons. The number of anilines is 1. The molecule has 0 aliphatic rings. The Hall–Kier alpha value is -4.76. The van der Waals surface area contributed by atoms with Crippen LogP contribution in [0.25, 0.3) is 55.6 Å². The molecule has 0 aliphatic carbocycles. The SMILES string of the molecule is COc1cncc(-c2ccc3[nH]nc(-c4cc5c(-c6cc(F)cc(NCCN(C)C)c6)nccc5[nH]4)c3c2)c1. The molecule has 3 N–H and O–H groups in total. The molecule has 6 rings (SSSR count). The third-order valence-electron chi connectivity index (χ3n) is 6.71. The lowest BCUT2D eigenvalue weighted by molar-refractivity contribution is 0.413. The molecule has 0 unspecified atom stereocenters. The molecular weight excluding hydrogens is 493 g/mol. The smallest absolute Gasteiger partial charge is 0.137 e. The number of ether oxygens (including phenoxy) is 1. The number of benzene rings is 2. The van der Waals surface area contributed by atoms with E-state index in [4.69, 9.17) is 4.74 Å². The molecule has 9 heteroatoms. The van der Waals surface area contributed by atoms with Crippen molar-refractivity contribution in [2.45, 2.75) is 0 Å². The van der Waals surface area contributed by atoms with Crippen LogP contribution in [0, 0.1) is 5.82 Å². The van der Waals surface area contributed by atoms with E-state index in [0.717, 1.165) is 56.6 Å². The number of nitrogens with one attached hydrogen (secondary N) is 3. The molecule has 196 valence electrons. The second-order valence-corrected chi connectivity index (χ2v) is 9.71. The van der Waals surface area contributed by atoms with Crippen LogP contribution in [0.1, 0.15) is 0 Å². The first-order chi connectivity index (χ1) is 19.0. The van der Waals surface area contributed by atoms with Crippen LogP contribution < -0.4 is 10.1 Å². The van der Waals surface area contributed by atoms with Gasteiger partial charge in [-0.15, -0.1) is 0 Å². The maximum absolute atomic E-state index is 14.6. The highest BCUT2D eigenvalue weighted by atomic mass is 19.1. The number of nitrogens with zero attached hydrogens (tertiary/aromatic N) is 4. The number of rotatable bonds is 8. The number of fused-ring (bicyclic) bond motifs is 2. The van der Waals surface area contributed by atoms with Crippen LogP contribution in [0.15, 0.2) is 73.2 Å². The molecule has 6 aromatic rings. The number of likely N-dealkylation sites (N-methyl/N-ethyl adjacent to an activating group) is 1. The molecule has 0 amide bonds. The number of halogens is 1. The average molecular weight is 522 g/mol. The highest BCUT2D eigenvalue weighted by Crippen LogP contribution is 2.35. The van der Waals surface area contributed by atoms with Gasteiger partial charge in [0.15, 0.2) is 0 Å². The van der Waals surface area contributed by atoms with Crippen molar-refractivity contribution in [3.8, 4) is 39.5 Å². The number of hydrogen-bond acceptors (Lipinski definition) is 6. The summed E-state index contributed by atoms with van der Waals surface area (Å²) < 4.78 is 20.0. The summed E-state index contributed by atoms with van der Waals surface area (Å²) in [6.07, 6.45) is 5.23. The van der Waals surface area contributed by atoms with Crippen molar-refractivity contribution in [3.05, 3.63) is 79.0 Å². The lowest BCUT2D eigenvalue weighted by atomic mass is 10.0. The summed E-state index contributed by atoms with van der Waals surface area (Å²) >= 11 is 0. The van der Waals surface area contributed by atoms with Gasteiger partial charge in [0.05, 0.1) is 30.2 Å². The molecule has 4 aromatic heterocycles. The zero-order chi connectivity index (χ0) is 26.9. The second kappa shape index (κ2) is 10.2. The van der Waals surface area contributed by atoms with E-state index in [1.807, 2.05) is 56.7 Å². The standard InChI is InChI=1S/C30H28FN7O/c1-38(2)9-8-33-22-11-19(10-21(31)14-22)29-25-15-28(35-26(25)6-7-34-29)30-24-13-18(4-5-27(24)36-37-30)20-12-23(39-3)17-32-16-20/h4-7,10-17,33,35H,8-9H2,1-3H3,(H,36,37). The van der Waals surface area contributed by atoms with Crippen LogP contribution in [0.2, 0.25) is 0 Å². The Labute approximate surface area is 224 Å². The van der Waals surface area contributed by atoms with Gasteiger partial charge < -0.3 is 19.9 Å². The molecule has 39 heavy (non-hydrogen) atoms. The van der Waals surface area contributed by atoms with Gasteiger partial charge in [-0.05, 0) is 68.2 Å². The monoisotopic (exact) mass is 521 g/mol. The van der Waals surface area contributed by atoms with E-state index in [9.17, 15) is 4.39 Å². The molecule has 0 bridgehead atoms. The predicted octanol–water partition coefficient (Wildman–Crippen LogP) is 5.96. The summed E-state index contributed by atoms with van der Waals surface area (Å²) in [5.41, 5.74) is 7.52. The number of aromatic amines is 2. The molecule has 0 atom stereocenters. The summed E-state index contributed by atoms with van der Waals surface area (Å²) in [5.74, 6) is 0.385. The van der Waals surface area contributed by atoms with Crippen molar-refractivity contribution in [2.75, 3.05) is 39.6 Å². The largest absolute Gasteiger partial charge is 0.495 e. The molecule has 0 fully saturated rings. The first kappa shape index (κ1) is 24.6. The molecule has 4 heterocycles. The van der Waals surface area contributed by atoms with Gasteiger partial charge in [-0.2, -0.15) is 5.10 Å². The van der Waals surface area contributed by atoms with E-state index in [1.54, 1.807) is 19.5 Å². The van der Waals surface area contributed by atoms with Gasteiger partial charge in [0.25, 0.3) is 0 Å². The Morgan fingerprint density at radius 2 is 1.77 bits per heavy atom. The Kier molecular flexibility index (Phi) is 6.42. The van der Waals surface area contributed by atoms with Crippen LogP contribution in [-0.2, 0) is 0 Å². The van der Waals surface area contributed by atoms with Crippen molar-refractivity contribution in [3.63, 3.8) is 0 Å². The van der Waals surface area contributed by atoms with Crippen LogP contribution in [-0.4, -0.2) is 64.3 Å². The Bertz CT molecular complexity index is 1790. The third kappa shape index (κ3) is 4.92. The Morgan fingerprint density at radius 1 is 0.897 bits per heavy atom. The number of aromatic nitrogens is 5. The van der Waals surface area contributed by atoms with Gasteiger partial charge in [0, 0.05) is 58.6 Å². The van der Waals surface area contributed by atoms with Crippen molar-refractivity contribution < 1.29 is 9.13 Å². The fourth-order valence-corrected chi connectivity index (χ4v) is 4.75. The van der Waals surface area contributed by atoms with Crippen LogP contribution >= 0.6 is 0 Å². The highest BCUT2D eigenvalue weighted by Gasteiger charge is 2.16. The zero-order valence-electron chi connectivity index (χ0n) is 21.9. The predicted molar refractivity (Wildman–Crippen MR) is 153 cm³/mol. The third-order valence-corrected chi connectivity index (χ3v) is 6.71. The number of hydrogen-bond donors (Lipinski definition) is 3. The Morgan fingerprint density at radius 3 is 2.62 bits per heavy atom. The van der Waals surface area contributed by atoms with Crippen molar-refractivity contribution in [1.29, 1.82) is 0 Å². The summed E-state index contributed by atoms with van der Waals surface area (Å²) in [7, 11) is 5.64. The molecule has 0 spiro atoms. The van der Waals surface area contributed by atoms with Gasteiger partial charge in [0.2, 0.25) is 0 Å². The van der Waals surface area contributed by atoms with E-state index in [0.29, 0.717) is 23.6 Å². The van der Waals surface area contributed by atoms with E-state index >= 15 is 0 Å². The quantitative estimate of drug-likeness (QED) is 0.229. The van der Waals surface area contributed by atoms with Crippen molar-refractivity contribution >= 4 is 27.5 Å². The number of pyridine rings is 2. The molecule has 0 saturated carbocycles. The summed E-state index contributed by atoms with van der Waals surface area (Å²) in [4.78, 5) is 14.5. The van der Waals surface area contributed by atoms with Gasteiger partial charge in [0.1, 0.15) is 17.3 Å². The lowest BCUT2D eigenvalue weighted by Gasteiger charge is -2.12. The topological polar surface area (TPSA) is 94.8 Å². The minimum Gasteiger partial charge on any atom is -0.495 e. The minimum atomic E-state index is -0.313. The second-order valence-electron chi connectivity index (χ2n) is 9.71. The zero-order valence-corrected chi connectivity index (χ0v) is 21.9. The van der Waals surface area contributed by atoms with E-state index in [1.165, 1.54) is 12.1 Å². The average Bonchev–Trinajstić information content (AvgIpc) is 3.56. The maximum atomic E-state index is 14.6. The fraction of sp³-hybridized carbons (Fsp3) is 0.167. The highest BCUT2D eigenvalue weighted by molar-refractivity contribution is 6.01. The van der Waals surface area contributed by atoms with Crippen LogP contribution in [0.5, 0.6) is 5.75 Å². The first-order valence-corrected chi connectivity index (χ1v) is 12.6. The van der Waals surface area contributed by atoms with Gasteiger partial charge >= 0.3 is 0 Å². The van der Waals surface area contributed by atoms with E-state index < -0.39 is 0 Å². The maximum Gasteiger partial charge on any atom is 0.137 e. The van der Waals surface area contributed by atoms with Gasteiger partial charge in [-0.25, -0.2) is 4.39 Å². The normalized spacial score (nSPS) is 11.5. The van der Waals surface area contributed by atoms with Gasteiger partial charge in [-0.1, -0.05) is 6.07 Å². The van der Waals surface area contributed by atoms with Crippen molar-refractivity contribution in [1.82, 2.24) is 30.0 Å². The molecule has 0 saturated heterocycles. The number of methoxy groups -OCH3 is 1. The summed E-state index contributed by atoms with van der Waals surface area (Å²) in [5, 5.41) is 12.9. The van der Waals surface area contributed by atoms with E-state index in [-0.39, 0.29) is 5.82 Å². The van der Waals surface area contributed by atoms with Crippen LogP contribution in [0.3, 0.4) is 0 Å². The van der Waals surface area contributed by atoms with Gasteiger partial charge in [-0.3, -0.25) is 15.1 Å². The summed E-state index contributed by atoms with van der Waals surface area (Å²) in [6, 6.07) is 17.0. The Balaban J connectivity index is 1.40. The molecule has 2 aromatic carbocycles. The molecule has 8 nitrogen and oxygen atoms in total. The molecule has 0 aliphatic heterocycles. The fourth-order valence-electron chi connectivity index (χ4n) is 4.75. The first-order valence-electron chi connectivity index (χ1n) is 12.6. The minimum absolute atomic E-state index is 0.313. The van der Waals surface area contributed by atoms with Crippen LogP contribution in [0.4, 0.5) is 10.1 Å².